The summed E-state index contributed by atoms with van der Waals surface area (Å²) in [6.45, 7) is 6.67. The predicted molar refractivity (Wildman–Crippen MR) is 110 cm³/mol. The van der Waals surface area contributed by atoms with Crippen molar-refractivity contribution in [1.29, 1.82) is 0 Å². The molecule has 28 heavy (non-hydrogen) atoms. The molecule has 2 aromatic rings. The second-order valence-electron chi connectivity index (χ2n) is 7.54. The van der Waals surface area contributed by atoms with Crippen molar-refractivity contribution in [3.8, 4) is 11.5 Å². The number of carbonyl (C=O) groups excluding carboxylic acids is 1. The standard InChI is InChI=1S/C23H28N2O3/c1-3-17-7-4-6-16(2)23(17)24-22(26)15-25-11-5-8-19(25)18-9-10-20-21(14-18)28-13-12-27-20/h4,6-7,9-10,14,19H,3,5,8,11-13,15H2,1-2H3,(H,24,26). The Hall–Kier alpha value is -2.53. The van der Waals surface area contributed by atoms with Gasteiger partial charge in [-0.15, -0.1) is 0 Å². The van der Waals surface area contributed by atoms with Crippen LogP contribution in [0.5, 0.6) is 11.5 Å². The van der Waals surface area contributed by atoms with Crippen LogP contribution in [0.1, 0.15) is 42.5 Å². The minimum Gasteiger partial charge on any atom is -0.486 e. The maximum Gasteiger partial charge on any atom is 0.238 e. The van der Waals surface area contributed by atoms with Crippen LogP contribution < -0.4 is 14.8 Å². The van der Waals surface area contributed by atoms with Gasteiger partial charge in [0.1, 0.15) is 13.2 Å². The summed E-state index contributed by atoms with van der Waals surface area (Å²) in [4.78, 5) is 15.1. The van der Waals surface area contributed by atoms with Gasteiger partial charge >= 0.3 is 0 Å². The third-order valence-corrected chi connectivity index (χ3v) is 5.67. The van der Waals surface area contributed by atoms with Gasteiger partial charge < -0.3 is 14.8 Å². The number of aryl methyl sites for hydroxylation is 2. The maximum absolute atomic E-state index is 12.8. The minimum absolute atomic E-state index is 0.0495. The van der Waals surface area contributed by atoms with E-state index in [4.69, 9.17) is 9.47 Å². The number of benzene rings is 2. The van der Waals surface area contributed by atoms with E-state index in [1.807, 2.05) is 25.1 Å². The Morgan fingerprint density at radius 1 is 1.18 bits per heavy atom. The predicted octanol–water partition coefficient (Wildman–Crippen LogP) is 4.10. The second kappa shape index (κ2) is 8.23. The Labute approximate surface area is 166 Å². The SMILES string of the molecule is CCc1cccc(C)c1NC(=O)CN1CCCC1c1ccc2c(c1)OCCO2. The van der Waals surface area contributed by atoms with E-state index >= 15 is 0 Å². The van der Waals surface area contributed by atoms with Crippen LogP contribution in [-0.4, -0.2) is 37.1 Å². The van der Waals surface area contributed by atoms with Crippen LogP contribution in [0, 0.1) is 6.92 Å². The fourth-order valence-corrected chi connectivity index (χ4v) is 4.23. The lowest BCUT2D eigenvalue weighted by Crippen LogP contribution is -2.33. The quantitative estimate of drug-likeness (QED) is 0.848. The van der Waals surface area contributed by atoms with Gasteiger partial charge in [0, 0.05) is 11.7 Å². The summed E-state index contributed by atoms with van der Waals surface area (Å²) < 4.78 is 11.4. The number of hydrogen-bond acceptors (Lipinski definition) is 4. The number of likely N-dealkylation sites (tertiary alicyclic amines) is 1. The van der Waals surface area contributed by atoms with Gasteiger partial charge in [0.25, 0.3) is 0 Å². The number of anilines is 1. The van der Waals surface area contributed by atoms with Gasteiger partial charge in [0.15, 0.2) is 11.5 Å². The van der Waals surface area contributed by atoms with Crippen LogP contribution >= 0.6 is 0 Å². The lowest BCUT2D eigenvalue weighted by atomic mass is 10.0. The summed E-state index contributed by atoms with van der Waals surface area (Å²) in [7, 11) is 0. The van der Waals surface area contributed by atoms with Crippen molar-refractivity contribution in [2.75, 3.05) is 31.6 Å². The van der Waals surface area contributed by atoms with Crippen LogP contribution in [0.4, 0.5) is 5.69 Å². The Kier molecular flexibility index (Phi) is 5.53. The molecule has 148 valence electrons. The Bertz CT molecular complexity index is 865. The van der Waals surface area contributed by atoms with Gasteiger partial charge in [-0.2, -0.15) is 0 Å². The third-order valence-electron chi connectivity index (χ3n) is 5.67. The molecule has 5 nitrogen and oxygen atoms in total. The number of amides is 1. The first-order valence-corrected chi connectivity index (χ1v) is 10.2. The number of hydrogen-bond donors (Lipinski definition) is 1. The van der Waals surface area contributed by atoms with Crippen molar-refractivity contribution in [3.05, 3.63) is 53.1 Å². The monoisotopic (exact) mass is 380 g/mol. The van der Waals surface area contributed by atoms with E-state index < -0.39 is 0 Å². The van der Waals surface area contributed by atoms with Crippen molar-refractivity contribution in [2.45, 2.75) is 39.2 Å². The number of nitrogens with zero attached hydrogens (tertiary/aromatic N) is 1. The largest absolute Gasteiger partial charge is 0.486 e. The Balaban J connectivity index is 1.46. The fraction of sp³-hybridized carbons (Fsp3) is 0.435. The third kappa shape index (κ3) is 3.85. The zero-order valence-electron chi connectivity index (χ0n) is 16.7. The number of para-hydroxylation sites is 1. The van der Waals surface area contributed by atoms with Gasteiger partial charge in [-0.05, 0) is 61.6 Å². The molecule has 2 heterocycles. The normalized spacial score (nSPS) is 18.9. The molecule has 5 heteroatoms. The highest BCUT2D eigenvalue weighted by Crippen LogP contribution is 2.38. The molecule has 1 fully saturated rings. The van der Waals surface area contributed by atoms with Crippen molar-refractivity contribution in [1.82, 2.24) is 4.90 Å². The number of rotatable bonds is 5. The lowest BCUT2D eigenvalue weighted by Gasteiger charge is -2.26. The molecule has 2 aromatic carbocycles. The first kappa shape index (κ1) is 18.8. The van der Waals surface area contributed by atoms with E-state index in [0.29, 0.717) is 19.8 Å². The molecule has 2 aliphatic heterocycles. The molecular weight excluding hydrogens is 352 g/mol. The molecule has 1 saturated heterocycles. The number of fused-ring (bicyclic) bond motifs is 1. The smallest absolute Gasteiger partial charge is 0.238 e. The molecule has 0 aliphatic carbocycles. The highest BCUT2D eigenvalue weighted by molar-refractivity contribution is 5.93. The Morgan fingerprint density at radius 3 is 2.82 bits per heavy atom. The molecule has 0 bridgehead atoms. The molecule has 0 aromatic heterocycles. The van der Waals surface area contributed by atoms with Crippen LogP contribution in [-0.2, 0) is 11.2 Å². The average molecular weight is 380 g/mol. The molecular formula is C23H28N2O3. The highest BCUT2D eigenvalue weighted by Gasteiger charge is 2.29. The van der Waals surface area contributed by atoms with E-state index in [-0.39, 0.29) is 11.9 Å². The summed E-state index contributed by atoms with van der Waals surface area (Å²) in [5.41, 5.74) is 4.44. The zero-order valence-corrected chi connectivity index (χ0v) is 16.7. The zero-order chi connectivity index (χ0) is 19.5. The summed E-state index contributed by atoms with van der Waals surface area (Å²) in [6, 6.07) is 12.6. The van der Waals surface area contributed by atoms with Crippen LogP contribution in [0.3, 0.4) is 0 Å². The van der Waals surface area contributed by atoms with Crippen LogP contribution in [0.25, 0.3) is 0 Å². The Morgan fingerprint density at radius 2 is 2.00 bits per heavy atom. The molecule has 1 atom stereocenters. The van der Waals surface area contributed by atoms with Crippen molar-refractivity contribution >= 4 is 11.6 Å². The van der Waals surface area contributed by atoms with Gasteiger partial charge in [-0.3, -0.25) is 9.69 Å². The van der Waals surface area contributed by atoms with E-state index in [2.05, 4.69) is 35.3 Å². The number of carbonyl (C=O) groups is 1. The summed E-state index contributed by atoms with van der Waals surface area (Å²) >= 11 is 0. The van der Waals surface area contributed by atoms with E-state index in [0.717, 1.165) is 48.6 Å². The number of nitrogens with one attached hydrogen (secondary N) is 1. The topological polar surface area (TPSA) is 50.8 Å². The van der Waals surface area contributed by atoms with Gasteiger partial charge in [0.05, 0.1) is 6.54 Å². The molecule has 0 saturated carbocycles. The summed E-state index contributed by atoms with van der Waals surface area (Å²) in [5, 5.41) is 3.15. The molecule has 1 N–H and O–H groups in total. The summed E-state index contributed by atoms with van der Waals surface area (Å²) in [6.07, 6.45) is 3.05. The van der Waals surface area contributed by atoms with Crippen molar-refractivity contribution in [2.24, 2.45) is 0 Å². The van der Waals surface area contributed by atoms with Gasteiger partial charge in [0.2, 0.25) is 5.91 Å². The molecule has 0 radical (unpaired) electrons. The molecule has 2 aliphatic rings. The average Bonchev–Trinajstić information content (AvgIpc) is 3.17. The van der Waals surface area contributed by atoms with Crippen LogP contribution in [0.2, 0.25) is 0 Å². The fourth-order valence-electron chi connectivity index (χ4n) is 4.23. The molecule has 0 spiro atoms. The lowest BCUT2D eigenvalue weighted by molar-refractivity contribution is -0.117. The van der Waals surface area contributed by atoms with E-state index in [1.54, 1.807) is 0 Å². The summed E-state index contributed by atoms with van der Waals surface area (Å²) in [5.74, 6) is 1.67. The maximum atomic E-state index is 12.8. The van der Waals surface area contributed by atoms with Gasteiger partial charge in [-0.25, -0.2) is 0 Å². The van der Waals surface area contributed by atoms with Crippen molar-refractivity contribution < 1.29 is 14.3 Å². The first-order valence-electron chi connectivity index (χ1n) is 10.2. The van der Waals surface area contributed by atoms with Crippen molar-refractivity contribution in [3.63, 3.8) is 0 Å². The second-order valence-corrected chi connectivity index (χ2v) is 7.54. The minimum atomic E-state index is 0.0495. The van der Waals surface area contributed by atoms with E-state index in [9.17, 15) is 4.79 Å². The van der Waals surface area contributed by atoms with Gasteiger partial charge in [-0.1, -0.05) is 31.2 Å². The van der Waals surface area contributed by atoms with E-state index in [1.165, 1.54) is 11.1 Å². The van der Waals surface area contributed by atoms with Crippen LogP contribution in [0.15, 0.2) is 36.4 Å². The molecule has 1 amide bonds. The number of ether oxygens (including phenoxy) is 2. The molecule has 1 unspecified atom stereocenters. The molecule has 4 rings (SSSR count). The highest BCUT2D eigenvalue weighted by atomic mass is 16.6. The first-order chi connectivity index (χ1) is 13.7.